The summed E-state index contributed by atoms with van der Waals surface area (Å²) in [4.78, 5) is 0. The average molecular weight is 279 g/mol. The van der Waals surface area contributed by atoms with Crippen molar-refractivity contribution >= 4 is 11.6 Å². The first kappa shape index (κ1) is 12.6. The zero-order valence-corrected chi connectivity index (χ0v) is 11.5. The van der Waals surface area contributed by atoms with Gasteiger partial charge in [-0.05, 0) is 38.3 Å². The normalized spacial score (nSPS) is 19.6. The van der Waals surface area contributed by atoms with Gasteiger partial charge in [-0.15, -0.1) is 5.10 Å². The Morgan fingerprint density at radius 1 is 1.37 bits per heavy atom. The SMILES string of the molecule is Cc1cc(-c2cc(Cl)cnn2)n(C2CCCCO2)n1. The standard InChI is InChI=1S/C13H15ClN4O/c1-9-6-12(11-7-10(14)8-15-16-11)18(17-9)13-4-2-3-5-19-13/h6-8,13H,2-5H2,1H3. The molecule has 6 heteroatoms. The van der Waals surface area contributed by atoms with Crippen molar-refractivity contribution in [2.45, 2.75) is 32.4 Å². The molecule has 100 valence electrons. The van der Waals surface area contributed by atoms with Crippen molar-refractivity contribution in [3.63, 3.8) is 0 Å². The smallest absolute Gasteiger partial charge is 0.150 e. The summed E-state index contributed by atoms with van der Waals surface area (Å²) in [6, 6.07) is 3.78. The molecule has 1 fully saturated rings. The Balaban J connectivity index is 2.01. The minimum absolute atomic E-state index is 0.0155. The second kappa shape index (κ2) is 5.27. The molecule has 0 amide bonds. The molecule has 0 N–H and O–H groups in total. The summed E-state index contributed by atoms with van der Waals surface area (Å²) in [5, 5.41) is 13.1. The van der Waals surface area contributed by atoms with Gasteiger partial charge < -0.3 is 4.74 Å². The minimum Gasteiger partial charge on any atom is -0.356 e. The van der Waals surface area contributed by atoms with Gasteiger partial charge in [0.2, 0.25) is 0 Å². The highest BCUT2D eigenvalue weighted by Crippen LogP contribution is 2.28. The molecule has 1 atom stereocenters. The molecule has 0 aliphatic carbocycles. The van der Waals surface area contributed by atoms with Gasteiger partial charge in [-0.1, -0.05) is 11.6 Å². The van der Waals surface area contributed by atoms with Crippen LogP contribution in [-0.2, 0) is 4.74 Å². The Labute approximate surface area is 116 Å². The summed E-state index contributed by atoms with van der Waals surface area (Å²) in [6.07, 6.45) is 4.75. The molecule has 5 nitrogen and oxygen atoms in total. The van der Waals surface area contributed by atoms with Crippen molar-refractivity contribution in [3.05, 3.63) is 29.0 Å². The van der Waals surface area contributed by atoms with Crippen molar-refractivity contribution in [1.29, 1.82) is 0 Å². The first-order valence-electron chi connectivity index (χ1n) is 6.40. The first-order chi connectivity index (χ1) is 9.24. The van der Waals surface area contributed by atoms with E-state index in [0.717, 1.165) is 43.0 Å². The molecule has 0 aromatic carbocycles. The zero-order chi connectivity index (χ0) is 13.2. The van der Waals surface area contributed by atoms with Crippen molar-refractivity contribution < 1.29 is 4.74 Å². The van der Waals surface area contributed by atoms with E-state index in [1.165, 1.54) is 6.20 Å². The molecule has 0 radical (unpaired) electrons. The third-order valence-corrected chi connectivity index (χ3v) is 3.38. The summed E-state index contributed by atoms with van der Waals surface area (Å²) < 4.78 is 7.69. The Morgan fingerprint density at radius 2 is 2.26 bits per heavy atom. The van der Waals surface area contributed by atoms with Gasteiger partial charge in [0.1, 0.15) is 5.69 Å². The number of aromatic nitrogens is 4. The van der Waals surface area contributed by atoms with E-state index in [9.17, 15) is 0 Å². The van der Waals surface area contributed by atoms with E-state index in [-0.39, 0.29) is 6.23 Å². The minimum atomic E-state index is -0.0155. The highest BCUT2D eigenvalue weighted by Gasteiger charge is 2.21. The van der Waals surface area contributed by atoms with Gasteiger partial charge in [-0.25, -0.2) is 4.68 Å². The maximum atomic E-state index is 5.98. The van der Waals surface area contributed by atoms with Crippen molar-refractivity contribution in [2.75, 3.05) is 6.61 Å². The monoisotopic (exact) mass is 278 g/mol. The Bertz CT molecular complexity index is 578. The molecule has 1 aliphatic heterocycles. The molecule has 0 bridgehead atoms. The number of ether oxygens (including phenoxy) is 1. The van der Waals surface area contributed by atoms with Gasteiger partial charge in [0.15, 0.2) is 6.23 Å². The Morgan fingerprint density at radius 3 is 3.00 bits per heavy atom. The number of halogens is 1. The van der Waals surface area contributed by atoms with E-state index >= 15 is 0 Å². The van der Waals surface area contributed by atoms with Crippen LogP contribution in [0.5, 0.6) is 0 Å². The van der Waals surface area contributed by atoms with Crippen LogP contribution in [0.2, 0.25) is 5.02 Å². The summed E-state index contributed by atoms with van der Waals surface area (Å²) in [6.45, 7) is 2.74. The fourth-order valence-corrected chi connectivity index (χ4v) is 2.46. The van der Waals surface area contributed by atoms with Crippen molar-refractivity contribution in [2.24, 2.45) is 0 Å². The molecule has 0 saturated carbocycles. The molecule has 2 aromatic rings. The van der Waals surface area contributed by atoms with E-state index in [4.69, 9.17) is 16.3 Å². The highest BCUT2D eigenvalue weighted by atomic mass is 35.5. The molecule has 19 heavy (non-hydrogen) atoms. The fraction of sp³-hybridized carbons (Fsp3) is 0.462. The molecule has 1 saturated heterocycles. The van der Waals surface area contributed by atoms with E-state index < -0.39 is 0 Å². The number of hydrogen-bond acceptors (Lipinski definition) is 4. The topological polar surface area (TPSA) is 52.8 Å². The van der Waals surface area contributed by atoms with Crippen LogP contribution in [0.15, 0.2) is 18.3 Å². The number of nitrogens with zero attached hydrogens (tertiary/aromatic N) is 4. The van der Waals surface area contributed by atoms with Gasteiger partial charge in [-0.3, -0.25) is 0 Å². The van der Waals surface area contributed by atoms with Crippen LogP contribution in [-0.4, -0.2) is 26.6 Å². The van der Waals surface area contributed by atoms with Crippen LogP contribution in [0.25, 0.3) is 11.4 Å². The van der Waals surface area contributed by atoms with E-state index in [1.807, 2.05) is 17.7 Å². The molecule has 2 aromatic heterocycles. The second-order valence-corrected chi connectivity index (χ2v) is 5.13. The zero-order valence-electron chi connectivity index (χ0n) is 10.7. The maximum Gasteiger partial charge on any atom is 0.150 e. The second-order valence-electron chi connectivity index (χ2n) is 4.70. The molecule has 0 spiro atoms. The maximum absolute atomic E-state index is 5.98. The third kappa shape index (κ3) is 2.62. The van der Waals surface area contributed by atoms with Crippen molar-refractivity contribution in [1.82, 2.24) is 20.0 Å². The lowest BCUT2D eigenvalue weighted by Gasteiger charge is -2.24. The first-order valence-corrected chi connectivity index (χ1v) is 6.78. The van der Waals surface area contributed by atoms with Gasteiger partial charge >= 0.3 is 0 Å². The predicted molar refractivity (Wildman–Crippen MR) is 71.8 cm³/mol. The van der Waals surface area contributed by atoms with Gasteiger partial charge in [-0.2, -0.15) is 10.2 Å². The molecule has 1 aliphatic rings. The summed E-state index contributed by atoms with van der Waals surface area (Å²) in [5.74, 6) is 0. The summed E-state index contributed by atoms with van der Waals surface area (Å²) in [7, 11) is 0. The van der Waals surface area contributed by atoms with Crippen LogP contribution in [0.1, 0.15) is 31.2 Å². The molecule has 3 heterocycles. The van der Waals surface area contributed by atoms with Crippen LogP contribution in [0.3, 0.4) is 0 Å². The summed E-state index contributed by atoms with van der Waals surface area (Å²) in [5.41, 5.74) is 2.56. The van der Waals surface area contributed by atoms with Gasteiger partial charge in [0, 0.05) is 6.61 Å². The highest BCUT2D eigenvalue weighted by molar-refractivity contribution is 6.30. The number of hydrogen-bond donors (Lipinski definition) is 0. The molecular formula is C13H15ClN4O. The quantitative estimate of drug-likeness (QED) is 0.847. The van der Waals surface area contributed by atoms with Crippen LogP contribution in [0, 0.1) is 6.92 Å². The van der Waals surface area contributed by atoms with Crippen LogP contribution in [0.4, 0.5) is 0 Å². The number of aryl methyl sites for hydroxylation is 1. The van der Waals surface area contributed by atoms with Crippen LogP contribution < -0.4 is 0 Å². The summed E-state index contributed by atoms with van der Waals surface area (Å²) >= 11 is 5.98. The lowest BCUT2D eigenvalue weighted by atomic mass is 10.2. The van der Waals surface area contributed by atoms with Crippen LogP contribution >= 0.6 is 11.6 Å². The Kier molecular flexibility index (Phi) is 3.48. The van der Waals surface area contributed by atoms with Gasteiger partial charge in [0.05, 0.1) is 22.6 Å². The van der Waals surface area contributed by atoms with E-state index in [2.05, 4.69) is 15.3 Å². The van der Waals surface area contributed by atoms with Crippen molar-refractivity contribution in [3.8, 4) is 11.4 Å². The predicted octanol–water partition coefficient (Wildman–Crippen LogP) is 3.00. The largest absolute Gasteiger partial charge is 0.356 e. The Hall–Kier alpha value is -1.46. The van der Waals surface area contributed by atoms with E-state index in [1.54, 1.807) is 6.07 Å². The molecule has 3 rings (SSSR count). The fourth-order valence-electron chi connectivity index (χ4n) is 2.31. The lowest BCUT2D eigenvalue weighted by molar-refractivity contribution is -0.0385. The van der Waals surface area contributed by atoms with E-state index in [0.29, 0.717) is 5.02 Å². The number of rotatable bonds is 2. The molecular weight excluding hydrogens is 264 g/mol. The van der Waals surface area contributed by atoms with Gasteiger partial charge in [0.25, 0.3) is 0 Å². The third-order valence-electron chi connectivity index (χ3n) is 3.17. The average Bonchev–Trinajstić information content (AvgIpc) is 2.82. The lowest BCUT2D eigenvalue weighted by Crippen LogP contribution is -2.20. The molecule has 1 unspecified atom stereocenters.